The zero-order valence-electron chi connectivity index (χ0n) is 11.1. The molecule has 94 valence electrons. The van der Waals surface area contributed by atoms with Crippen LogP contribution in [0.1, 0.15) is 37.3 Å². The fourth-order valence-electron chi connectivity index (χ4n) is 2.59. The van der Waals surface area contributed by atoms with Gasteiger partial charge in [0.2, 0.25) is 0 Å². The van der Waals surface area contributed by atoms with Crippen molar-refractivity contribution >= 4 is 0 Å². The van der Waals surface area contributed by atoms with Gasteiger partial charge in [0.15, 0.2) is 0 Å². The number of methoxy groups -OCH3 is 1. The Morgan fingerprint density at radius 1 is 1.29 bits per heavy atom. The third-order valence-electron chi connectivity index (χ3n) is 3.73. The van der Waals surface area contributed by atoms with Crippen LogP contribution in [-0.2, 0) is 10.2 Å². The first-order valence-electron chi connectivity index (χ1n) is 6.43. The van der Waals surface area contributed by atoms with E-state index in [-0.39, 0.29) is 5.41 Å². The van der Waals surface area contributed by atoms with Crippen LogP contribution in [0.5, 0.6) is 0 Å². The SMILES string of the molecule is COCC(C)(C)c1ccc(C2CCNC2)cc1. The largest absolute Gasteiger partial charge is 0.384 e. The molecule has 0 radical (unpaired) electrons. The molecule has 1 fully saturated rings. The minimum atomic E-state index is 0.0984. The van der Waals surface area contributed by atoms with Crippen LogP contribution in [0.25, 0.3) is 0 Å². The summed E-state index contributed by atoms with van der Waals surface area (Å²) in [4.78, 5) is 0. The summed E-state index contributed by atoms with van der Waals surface area (Å²) in [5.74, 6) is 0.703. The lowest BCUT2D eigenvalue weighted by atomic mass is 9.84. The maximum atomic E-state index is 5.28. The third kappa shape index (κ3) is 2.88. The molecule has 1 aliphatic rings. The Balaban J connectivity index is 2.12. The van der Waals surface area contributed by atoms with Gasteiger partial charge in [-0.15, -0.1) is 0 Å². The fourth-order valence-corrected chi connectivity index (χ4v) is 2.59. The van der Waals surface area contributed by atoms with Crippen LogP contribution in [0.2, 0.25) is 0 Å². The number of benzene rings is 1. The normalized spacial score (nSPS) is 20.8. The molecule has 2 nitrogen and oxygen atoms in total. The molecule has 17 heavy (non-hydrogen) atoms. The van der Waals surface area contributed by atoms with Gasteiger partial charge in [-0.3, -0.25) is 0 Å². The molecule has 0 amide bonds. The lowest BCUT2D eigenvalue weighted by Crippen LogP contribution is -2.23. The average molecular weight is 233 g/mol. The van der Waals surface area contributed by atoms with Crippen LogP contribution in [0.3, 0.4) is 0 Å². The van der Waals surface area contributed by atoms with Crippen molar-refractivity contribution in [3.63, 3.8) is 0 Å². The van der Waals surface area contributed by atoms with Gasteiger partial charge >= 0.3 is 0 Å². The predicted octanol–water partition coefficient (Wildman–Crippen LogP) is 2.69. The Morgan fingerprint density at radius 2 is 2.00 bits per heavy atom. The van der Waals surface area contributed by atoms with Crippen molar-refractivity contribution in [2.75, 3.05) is 26.8 Å². The van der Waals surface area contributed by atoms with E-state index in [4.69, 9.17) is 4.74 Å². The Kier molecular flexibility index (Phi) is 3.85. The van der Waals surface area contributed by atoms with Gasteiger partial charge in [-0.05, 0) is 30.0 Å². The molecule has 0 spiro atoms. The minimum Gasteiger partial charge on any atom is -0.384 e. The maximum Gasteiger partial charge on any atom is 0.0553 e. The second-order valence-electron chi connectivity index (χ2n) is 5.63. The molecular formula is C15H23NO. The lowest BCUT2D eigenvalue weighted by molar-refractivity contribution is 0.146. The Labute approximate surface area is 104 Å². The van der Waals surface area contributed by atoms with Crippen LogP contribution in [0.15, 0.2) is 24.3 Å². The van der Waals surface area contributed by atoms with E-state index in [1.807, 2.05) is 0 Å². The minimum absolute atomic E-state index is 0.0984. The molecule has 0 aromatic heterocycles. The number of nitrogens with one attached hydrogen (secondary N) is 1. The number of hydrogen-bond donors (Lipinski definition) is 1. The Morgan fingerprint density at radius 3 is 2.53 bits per heavy atom. The zero-order valence-corrected chi connectivity index (χ0v) is 11.1. The number of ether oxygens (including phenoxy) is 1. The van der Waals surface area contributed by atoms with E-state index in [9.17, 15) is 0 Å². The fraction of sp³-hybridized carbons (Fsp3) is 0.600. The van der Waals surface area contributed by atoms with Crippen molar-refractivity contribution in [1.82, 2.24) is 5.32 Å². The van der Waals surface area contributed by atoms with Crippen molar-refractivity contribution in [3.8, 4) is 0 Å². The van der Waals surface area contributed by atoms with Crippen LogP contribution in [-0.4, -0.2) is 26.8 Å². The molecule has 1 unspecified atom stereocenters. The summed E-state index contributed by atoms with van der Waals surface area (Å²) in [5.41, 5.74) is 2.92. The van der Waals surface area contributed by atoms with E-state index < -0.39 is 0 Å². The summed E-state index contributed by atoms with van der Waals surface area (Å²) in [6.45, 7) is 7.49. The Hall–Kier alpha value is -0.860. The highest BCUT2D eigenvalue weighted by atomic mass is 16.5. The topological polar surface area (TPSA) is 21.3 Å². The first-order chi connectivity index (χ1) is 8.13. The van der Waals surface area contributed by atoms with Crippen LogP contribution < -0.4 is 5.32 Å². The van der Waals surface area contributed by atoms with E-state index in [1.54, 1.807) is 7.11 Å². The third-order valence-corrected chi connectivity index (χ3v) is 3.73. The molecule has 1 N–H and O–H groups in total. The van der Waals surface area contributed by atoms with E-state index in [0.29, 0.717) is 5.92 Å². The smallest absolute Gasteiger partial charge is 0.0553 e. The van der Waals surface area contributed by atoms with E-state index in [2.05, 4.69) is 43.4 Å². The van der Waals surface area contributed by atoms with Gasteiger partial charge in [0.25, 0.3) is 0 Å². The molecule has 0 aliphatic carbocycles. The van der Waals surface area contributed by atoms with Gasteiger partial charge in [0.1, 0.15) is 0 Å². The molecule has 1 aromatic rings. The summed E-state index contributed by atoms with van der Waals surface area (Å²) < 4.78 is 5.28. The molecule has 2 heteroatoms. The van der Waals surface area contributed by atoms with Crippen LogP contribution >= 0.6 is 0 Å². The van der Waals surface area contributed by atoms with Crippen LogP contribution in [0.4, 0.5) is 0 Å². The highest BCUT2D eigenvalue weighted by Crippen LogP contribution is 2.27. The summed E-state index contributed by atoms with van der Waals surface area (Å²) >= 11 is 0. The molecule has 1 saturated heterocycles. The number of rotatable bonds is 4. The quantitative estimate of drug-likeness (QED) is 0.863. The maximum absolute atomic E-state index is 5.28. The molecule has 1 atom stereocenters. The van der Waals surface area contributed by atoms with E-state index in [0.717, 1.165) is 19.7 Å². The van der Waals surface area contributed by atoms with Gasteiger partial charge in [-0.1, -0.05) is 38.1 Å². The summed E-state index contributed by atoms with van der Waals surface area (Å²) in [6, 6.07) is 9.08. The molecule has 1 heterocycles. The standard InChI is InChI=1S/C15H23NO/c1-15(2,11-17-3)14-6-4-12(5-7-14)13-8-9-16-10-13/h4-7,13,16H,8-11H2,1-3H3. The summed E-state index contributed by atoms with van der Waals surface area (Å²) in [6.07, 6.45) is 1.26. The van der Waals surface area contributed by atoms with Crippen molar-refractivity contribution in [3.05, 3.63) is 35.4 Å². The zero-order chi connectivity index (χ0) is 12.3. The second kappa shape index (κ2) is 5.19. The van der Waals surface area contributed by atoms with Crippen molar-refractivity contribution in [1.29, 1.82) is 0 Å². The molecule has 0 bridgehead atoms. The van der Waals surface area contributed by atoms with Gasteiger partial charge in [0, 0.05) is 19.1 Å². The van der Waals surface area contributed by atoms with Crippen molar-refractivity contribution in [2.45, 2.75) is 31.6 Å². The molecule has 2 rings (SSSR count). The first kappa shape index (κ1) is 12.6. The van der Waals surface area contributed by atoms with Gasteiger partial charge in [0.05, 0.1) is 6.61 Å². The van der Waals surface area contributed by atoms with Crippen molar-refractivity contribution in [2.24, 2.45) is 0 Å². The van der Waals surface area contributed by atoms with E-state index in [1.165, 1.54) is 17.5 Å². The van der Waals surface area contributed by atoms with Gasteiger partial charge in [-0.25, -0.2) is 0 Å². The van der Waals surface area contributed by atoms with Crippen molar-refractivity contribution < 1.29 is 4.74 Å². The van der Waals surface area contributed by atoms with E-state index >= 15 is 0 Å². The molecule has 1 aliphatic heterocycles. The molecule has 1 aromatic carbocycles. The number of hydrogen-bond acceptors (Lipinski definition) is 2. The summed E-state index contributed by atoms with van der Waals surface area (Å²) in [5, 5.41) is 3.42. The highest BCUT2D eigenvalue weighted by molar-refractivity contribution is 5.30. The molecule has 0 saturated carbocycles. The monoisotopic (exact) mass is 233 g/mol. The van der Waals surface area contributed by atoms with Gasteiger partial charge < -0.3 is 10.1 Å². The van der Waals surface area contributed by atoms with Crippen LogP contribution in [0, 0.1) is 0 Å². The van der Waals surface area contributed by atoms with Gasteiger partial charge in [-0.2, -0.15) is 0 Å². The highest BCUT2D eigenvalue weighted by Gasteiger charge is 2.21. The first-order valence-corrected chi connectivity index (χ1v) is 6.43. The molecular weight excluding hydrogens is 210 g/mol. The Bertz CT molecular complexity index is 350. The second-order valence-corrected chi connectivity index (χ2v) is 5.63. The summed E-state index contributed by atoms with van der Waals surface area (Å²) in [7, 11) is 1.76. The average Bonchev–Trinajstić information content (AvgIpc) is 2.82. The predicted molar refractivity (Wildman–Crippen MR) is 71.6 cm³/mol. The lowest BCUT2D eigenvalue weighted by Gasteiger charge is -2.24.